The number of rotatable bonds is 3. The Morgan fingerprint density at radius 2 is 2.50 bits per heavy atom. The van der Waals surface area contributed by atoms with Gasteiger partial charge < -0.3 is 10.6 Å². The lowest BCUT2D eigenvalue weighted by Gasteiger charge is -2.22. The van der Waals surface area contributed by atoms with E-state index >= 15 is 0 Å². The van der Waals surface area contributed by atoms with E-state index in [4.69, 9.17) is 0 Å². The number of hydrogen-bond donors (Lipinski definition) is 2. The first-order chi connectivity index (χ1) is 6.95. The molecule has 1 aliphatic rings. The third kappa shape index (κ3) is 2.67. The molecule has 0 bridgehead atoms. The zero-order valence-corrected chi connectivity index (χ0v) is 8.24. The highest BCUT2D eigenvalue weighted by molar-refractivity contribution is 5.29. The van der Waals surface area contributed by atoms with Gasteiger partial charge in [0.2, 0.25) is 0 Å². The molecule has 0 spiro atoms. The van der Waals surface area contributed by atoms with E-state index in [1.165, 1.54) is 19.4 Å². The third-order valence-corrected chi connectivity index (χ3v) is 2.53. The molecule has 1 saturated heterocycles. The first-order valence-corrected chi connectivity index (χ1v) is 5.16. The molecule has 1 unspecified atom stereocenters. The van der Waals surface area contributed by atoms with Crippen LogP contribution >= 0.6 is 0 Å². The van der Waals surface area contributed by atoms with E-state index in [-0.39, 0.29) is 0 Å². The van der Waals surface area contributed by atoms with E-state index < -0.39 is 0 Å². The van der Waals surface area contributed by atoms with E-state index in [9.17, 15) is 0 Å². The van der Waals surface area contributed by atoms with E-state index in [0.29, 0.717) is 0 Å². The topological polar surface area (TPSA) is 49.8 Å². The van der Waals surface area contributed by atoms with Crippen molar-refractivity contribution in [3.05, 3.63) is 18.6 Å². The molecule has 0 aromatic carbocycles. The number of aromatic nitrogens is 2. The van der Waals surface area contributed by atoms with Crippen LogP contribution in [0.1, 0.15) is 12.8 Å². The van der Waals surface area contributed by atoms with E-state index in [2.05, 4.69) is 20.6 Å². The second-order valence-electron chi connectivity index (χ2n) is 3.68. The molecule has 4 nitrogen and oxygen atoms in total. The van der Waals surface area contributed by atoms with Crippen LogP contribution in [0.15, 0.2) is 18.6 Å². The summed E-state index contributed by atoms with van der Waals surface area (Å²) in [4.78, 5) is 8.18. The van der Waals surface area contributed by atoms with Gasteiger partial charge in [0, 0.05) is 18.9 Å². The quantitative estimate of drug-likeness (QED) is 0.746. The lowest BCUT2D eigenvalue weighted by molar-refractivity contribution is 0.392. The van der Waals surface area contributed by atoms with Crippen molar-refractivity contribution < 1.29 is 0 Å². The van der Waals surface area contributed by atoms with Crippen LogP contribution in [0.3, 0.4) is 0 Å². The molecule has 76 valence electrons. The van der Waals surface area contributed by atoms with Gasteiger partial charge in [-0.1, -0.05) is 0 Å². The Balaban J connectivity index is 1.76. The Hall–Kier alpha value is -1.16. The molecule has 1 atom stereocenters. The fourth-order valence-electron chi connectivity index (χ4n) is 1.74. The Labute approximate surface area is 84.2 Å². The maximum Gasteiger partial charge on any atom is 0.144 e. The van der Waals surface area contributed by atoms with Gasteiger partial charge in [0.15, 0.2) is 0 Å². The van der Waals surface area contributed by atoms with Gasteiger partial charge in [-0.15, -0.1) is 0 Å². The Morgan fingerprint density at radius 1 is 1.50 bits per heavy atom. The summed E-state index contributed by atoms with van der Waals surface area (Å²) >= 11 is 0. The van der Waals surface area contributed by atoms with Crippen molar-refractivity contribution in [2.45, 2.75) is 12.8 Å². The molecule has 0 amide bonds. The molecule has 4 heteroatoms. The maximum absolute atomic E-state index is 4.17. The Morgan fingerprint density at radius 3 is 3.21 bits per heavy atom. The van der Waals surface area contributed by atoms with Crippen LogP contribution in [0.2, 0.25) is 0 Å². The van der Waals surface area contributed by atoms with E-state index in [1.54, 1.807) is 18.6 Å². The van der Waals surface area contributed by atoms with Crippen molar-refractivity contribution in [2.75, 3.05) is 25.0 Å². The number of hydrogen-bond acceptors (Lipinski definition) is 4. The minimum Gasteiger partial charge on any atom is -0.368 e. The molecule has 1 aromatic rings. The Bertz CT molecular complexity index is 256. The summed E-state index contributed by atoms with van der Waals surface area (Å²) in [5.41, 5.74) is 0. The van der Waals surface area contributed by atoms with Crippen molar-refractivity contribution in [1.82, 2.24) is 15.3 Å². The first kappa shape index (κ1) is 9.40. The third-order valence-electron chi connectivity index (χ3n) is 2.53. The molecular formula is C10H16N4. The summed E-state index contributed by atoms with van der Waals surface area (Å²) < 4.78 is 0. The van der Waals surface area contributed by atoms with Crippen LogP contribution in [0.5, 0.6) is 0 Å². The summed E-state index contributed by atoms with van der Waals surface area (Å²) in [5, 5.41) is 6.70. The van der Waals surface area contributed by atoms with Crippen molar-refractivity contribution in [3.63, 3.8) is 0 Å². The fraction of sp³-hybridized carbons (Fsp3) is 0.600. The van der Waals surface area contributed by atoms with Crippen LogP contribution in [-0.4, -0.2) is 29.6 Å². The molecule has 2 heterocycles. The molecule has 2 rings (SSSR count). The average Bonchev–Trinajstić information content (AvgIpc) is 2.29. The van der Waals surface area contributed by atoms with Gasteiger partial charge in [0.1, 0.15) is 5.82 Å². The molecular weight excluding hydrogens is 176 g/mol. The molecule has 1 aliphatic heterocycles. The van der Waals surface area contributed by atoms with Crippen molar-refractivity contribution in [1.29, 1.82) is 0 Å². The summed E-state index contributed by atoms with van der Waals surface area (Å²) in [6, 6.07) is 0. The van der Waals surface area contributed by atoms with Gasteiger partial charge in [-0.2, -0.15) is 0 Å². The minimum atomic E-state index is 0.728. The molecule has 1 fully saturated rings. The fourth-order valence-corrected chi connectivity index (χ4v) is 1.74. The molecule has 0 saturated carbocycles. The summed E-state index contributed by atoms with van der Waals surface area (Å²) in [7, 11) is 0. The smallest absolute Gasteiger partial charge is 0.144 e. The second kappa shape index (κ2) is 4.91. The second-order valence-corrected chi connectivity index (χ2v) is 3.68. The lowest BCUT2D eigenvalue weighted by Crippen LogP contribution is -2.33. The van der Waals surface area contributed by atoms with Gasteiger partial charge in [-0.25, -0.2) is 4.98 Å². The van der Waals surface area contributed by atoms with Gasteiger partial charge >= 0.3 is 0 Å². The maximum atomic E-state index is 4.17. The van der Waals surface area contributed by atoms with Crippen LogP contribution in [-0.2, 0) is 0 Å². The van der Waals surface area contributed by atoms with Gasteiger partial charge in [0.05, 0.1) is 6.20 Å². The van der Waals surface area contributed by atoms with Gasteiger partial charge in [0.25, 0.3) is 0 Å². The number of anilines is 1. The van der Waals surface area contributed by atoms with E-state index in [0.717, 1.165) is 24.8 Å². The van der Waals surface area contributed by atoms with Crippen molar-refractivity contribution in [2.24, 2.45) is 5.92 Å². The monoisotopic (exact) mass is 192 g/mol. The van der Waals surface area contributed by atoms with Crippen LogP contribution in [0.25, 0.3) is 0 Å². The SMILES string of the molecule is c1cnc(NCC2CCCNC2)cn1. The number of nitrogens with one attached hydrogen (secondary N) is 2. The normalized spacial score (nSPS) is 21.9. The summed E-state index contributed by atoms with van der Waals surface area (Å²) in [6.07, 6.45) is 7.75. The average molecular weight is 192 g/mol. The highest BCUT2D eigenvalue weighted by Gasteiger charge is 2.12. The number of piperidine rings is 1. The molecule has 0 radical (unpaired) electrons. The largest absolute Gasteiger partial charge is 0.368 e. The van der Waals surface area contributed by atoms with Crippen molar-refractivity contribution >= 4 is 5.82 Å². The first-order valence-electron chi connectivity index (χ1n) is 5.16. The lowest BCUT2D eigenvalue weighted by atomic mass is 10.00. The zero-order valence-electron chi connectivity index (χ0n) is 8.24. The van der Waals surface area contributed by atoms with E-state index in [1.807, 2.05) is 0 Å². The summed E-state index contributed by atoms with van der Waals surface area (Å²) in [5.74, 6) is 1.60. The van der Waals surface area contributed by atoms with Gasteiger partial charge in [-0.3, -0.25) is 4.98 Å². The summed E-state index contributed by atoms with van der Waals surface area (Å²) in [6.45, 7) is 3.28. The number of nitrogens with zero attached hydrogens (tertiary/aromatic N) is 2. The van der Waals surface area contributed by atoms with Gasteiger partial charge in [-0.05, 0) is 31.8 Å². The predicted molar refractivity (Wildman–Crippen MR) is 56.1 cm³/mol. The van der Waals surface area contributed by atoms with Crippen molar-refractivity contribution in [3.8, 4) is 0 Å². The highest BCUT2D eigenvalue weighted by atomic mass is 15.0. The minimum absolute atomic E-state index is 0.728. The standard InChI is InChI=1S/C10H16N4/c1-2-9(6-11-3-1)7-14-10-8-12-4-5-13-10/h4-5,8-9,11H,1-3,6-7H2,(H,13,14). The molecule has 2 N–H and O–H groups in total. The zero-order chi connectivity index (χ0) is 9.64. The van der Waals surface area contributed by atoms with Crippen LogP contribution < -0.4 is 10.6 Å². The van der Waals surface area contributed by atoms with Crippen LogP contribution in [0, 0.1) is 5.92 Å². The molecule has 14 heavy (non-hydrogen) atoms. The molecule has 0 aliphatic carbocycles. The van der Waals surface area contributed by atoms with Crippen LogP contribution in [0.4, 0.5) is 5.82 Å². The predicted octanol–water partition coefficient (Wildman–Crippen LogP) is 0.888. The molecule has 1 aromatic heterocycles. The highest BCUT2D eigenvalue weighted by Crippen LogP contribution is 2.10. The Kier molecular flexibility index (Phi) is 3.29.